The molecular formula is C13H24O2. The van der Waals surface area contributed by atoms with Crippen molar-refractivity contribution < 1.29 is 9.53 Å². The predicted octanol–water partition coefficient (Wildman–Crippen LogP) is 3.34. The van der Waals surface area contributed by atoms with Crippen LogP contribution in [0.25, 0.3) is 0 Å². The van der Waals surface area contributed by atoms with Gasteiger partial charge in [-0.05, 0) is 19.3 Å². The lowest BCUT2D eigenvalue weighted by Gasteiger charge is -2.22. The monoisotopic (exact) mass is 212 g/mol. The molecule has 1 aliphatic rings. The molecule has 0 N–H and O–H groups in total. The zero-order valence-electron chi connectivity index (χ0n) is 10.1. The third-order valence-electron chi connectivity index (χ3n) is 3.31. The van der Waals surface area contributed by atoms with E-state index in [1.165, 1.54) is 32.1 Å². The average Bonchev–Trinajstić information content (AvgIpc) is 2.27. The quantitative estimate of drug-likeness (QED) is 0.675. The maximum atomic E-state index is 11.9. The summed E-state index contributed by atoms with van der Waals surface area (Å²) in [6, 6.07) is 0. The van der Waals surface area contributed by atoms with Gasteiger partial charge in [0, 0.05) is 13.0 Å². The highest BCUT2D eigenvalue weighted by atomic mass is 16.5. The molecule has 1 saturated carbocycles. The highest BCUT2D eigenvalue weighted by molar-refractivity contribution is 5.83. The van der Waals surface area contributed by atoms with Gasteiger partial charge >= 0.3 is 0 Å². The van der Waals surface area contributed by atoms with Crippen molar-refractivity contribution in [1.82, 2.24) is 0 Å². The average molecular weight is 212 g/mol. The summed E-state index contributed by atoms with van der Waals surface area (Å²) in [5.74, 6) is 0.965. The first kappa shape index (κ1) is 12.7. The van der Waals surface area contributed by atoms with E-state index >= 15 is 0 Å². The van der Waals surface area contributed by atoms with Crippen LogP contribution in [0.15, 0.2) is 0 Å². The summed E-state index contributed by atoms with van der Waals surface area (Å²) in [6.07, 6.45) is 7.89. The number of Topliss-reactive ketones (excluding diaryl/α,β-unsaturated/α-hetero) is 1. The summed E-state index contributed by atoms with van der Waals surface area (Å²) in [7, 11) is 0. The summed E-state index contributed by atoms with van der Waals surface area (Å²) in [6.45, 7) is 4.63. The smallest absolute Gasteiger partial charge is 0.161 e. The second-order valence-corrected chi connectivity index (χ2v) is 4.53. The molecule has 0 bridgehead atoms. The zero-order chi connectivity index (χ0) is 11.1. The Morgan fingerprint density at radius 2 is 1.93 bits per heavy atom. The molecule has 0 heterocycles. The van der Waals surface area contributed by atoms with Crippen molar-refractivity contribution in [3.05, 3.63) is 0 Å². The third-order valence-corrected chi connectivity index (χ3v) is 3.31. The molecular weight excluding hydrogens is 188 g/mol. The van der Waals surface area contributed by atoms with Gasteiger partial charge in [-0.1, -0.05) is 39.0 Å². The molecule has 88 valence electrons. The highest BCUT2D eigenvalue weighted by Crippen LogP contribution is 2.27. The van der Waals surface area contributed by atoms with Crippen LogP contribution in [0.2, 0.25) is 0 Å². The van der Waals surface area contributed by atoms with Gasteiger partial charge in [0.2, 0.25) is 0 Å². The molecule has 0 aromatic carbocycles. The fourth-order valence-electron chi connectivity index (χ4n) is 2.45. The summed E-state index contributed by atoms with van der Waals surface area (Å²) < 4.78 is 5.44. The van der Waals surface area contributed by atoms with E-state index in [1.54, 1.807) is 0 Å². The first-order valence-corrected chi connectivity index (χ1v) is 6.42. The Balaban J connectivity index is 2.31. The van der Waals surface area contributed by atoms with Gasteiger partial charge in [-0.3, -0.25) is 4.79 Å². The van der Waals surface area contributed by atoms with Crippen molar-refractivity contribution in [3.63, 3.8) is 0 Å². The zero-order valence-corrected chi connectivity index (χ0v) is 10.1. The first-order chi connectivity index (χ1) is 7.27. The van der Waals surface area contributed by atoms with Crippen molar-refractivity contribution in [2.75, 3.05) is 6.61 Å². The van der Waals surface area contributed by atoms with Crippen LogP contribution in [0.1, 0.15) is 58.8 Å². The number of ketones is 1. The van der Waals surface area contributed by atoms with Crippen LogP contribution in [0.4, 0.5) is 0 Å². The Morgan fingerprint density at radius 3 is 2.47 bits per heavy atom. The number of hydrogen-bond acceptors (Lipinski definition) is 2. The standard InChI is InChI=1S/C13H24O2/c1-3-13(15-4-2)12(14)10-11-8-6-5-7-9-11/h11,13H,3-10H2,1-2H3. The van der Waals surface area contributed by atoms with Gasteiger partial charge in [-0.15, -0.1) is 0 Å². The molecule has 0 radical (unpaired) electrons. The molecule has 15 heavy (non-hydrogen) atoms. The largest absolute Gasteiger partial charge is 0.371 e. The molecule has 1 fully saturated rings. The predicted molar refractivity (Wildman–Crippen MR) is 61.9 cm³/mol. The molecule has 0 spiro atoms. The number of ether oxygens (including phenoxy) is 1. The van der Waals surface area contributed by atoms with E-state index in [1.807, 2.05) is 13.8 Å². The minimum atomic E-state index is -0.142. The molecule has 1 aliphatic carbocycles. The highest BCUT2D eigenvalue weighted by Gasteiger charge is 2.22. The molecule has 0 saturated heterocycles. The Kier molecular flexibility index (Phi) is 5.92. The Hall–Kier alpha value is -0.370. The summed E-state index contributed by atoms with van der Waals surface area (Å²) in [5, 5.41) is 0. The van der Waals surface area contributed by atoms with Gasteiger partial charge < -0.3 is 4.74 Å². The number of carbonyl (C=O) groups is 1. The lowest BCUT2D eigenvalue weighted by atomic mass is 9.85. The fraction of sp³-hybridized carbons (Fsp3) is 0.923. The van der Waals surface area contributed by atoms with Crippen LogP contribution in [0, 0.1) is 5.92 Å². The van der Waals surface area contributed by atoms with Crippen LogP contribution < -0.4 is 0 Å². The summed E-state index contributed by atoms with van der Waals surface area (Å²) in [4.78, 5) is 11.9. The van der Waals surface area contributed by atoms with E-state index in [-0.39, 0.29) is 6.10 Å². The van der Waals surface area contributed by atoms with E-state index < -0.39 is 0 Å². The molecule has 1 atom stereocenters. The maximum absolute atomic E-state index is 11.9. The van der Waals surface area contributed by atoms with Crippen LogP contribution >= 0.6 is 0 Å². The van der Waals surface area contributed by atoms with E-state index in [2.05, 4.69) is 0 Å². The molecule has 0 aliphatic heterocycles. The molecule has 2 nitrogen and oxygen atoms in total. The van der Waals surface area contributed by atoms with Gasteiger partial charge in [-0.2, -0.15) is 0 Å². The Morgan fingerprint density at radius 1 is 1.27 bits per heavy atom. The van der Waals surface area contributed by atoms with Crippen molar-refractivity contribution in [3.8, 4) is 0 Å². The van der Waals surface area contributed by atoms with Crippen LogP contribution in [0.3, 0.4) is 0 Å². The van der Waals surface area contributed by atoms with E-state index in [4.69, 9.17) is 4.74 Å². The second-order valence-electron chi connectivity index (χ2n) is 4.53. The van der Waals surface area contributed by atoms with Crippen molar-refractivity contribution >= 4 is 5.78 Å². The van der Waals surface area contributed by atoms with Crippen LogP contribution in [-0.4, -0.2) is 18.5 Å². The second kappa shape index (κ2) is 7.00. The number of hydrogen-bond donors (Lipinski definition) is 0. The van der Waals surface area contributed by atoms with Crippen molar-refractivity contribution in [1.29, 1.82) is 0 Å². The minimum absolute atomic E-state index is 0.142. The molecule has 0 amide bonds. The van der Waals surface area contributed by atoms with Gasteiger partial charge in [0.1, 0.15) is 6.10 Å². The third kappa shape index (κ3) is 4.33. The van der Waals surface area contributed by atoms with Gasteiger partial charge in [-0.25, -0.2) is 0 Å². The number of rotatable bonds is 6. The van der Waals surface area contributed by atoms with Crippen LogP contribution in [-0.2, 0) is 9.53 Å². The molecule has 1 rings (SSSR count). The van der Waals surface area contributed by atoms with E-state index in [9.17, 15) is 4.79 Å². The van der Waals surface area contributed by atoms with Gasteiger partial charge in [0.05, 0.1) is 0 Å². The normalized spacial score (nSPS) is 20.1. The van der Waals surface area contributed by atoms with Gasteiger partial charge in [0.25, 0.3) is 0 Å². The van der Waals surface area contributed by atoms with Gasteiger partial charge in [0.15, 0.2) is 5.78 Å². The first-order valence-electron chi connectivity index (χ1n) is 6.42. The molecule has 0 aromatic rings. The summed E-state index contributed by atoms with van der Waals surface area (Å²) >= 11 is 0. The van der Waals surface area contributed by atoms with E-state index in [0.29, 0.717) is 18.3 Å². The maximum Gasteiger partial charge on any atom is 0.161 e. The lowest BCUT2D eigenvalue weighted by molar-refractivity contribution is -0.131. The topological polar surface area (TPSA) is 26.3 Å². The Bertz CT molecular complexity index is 183. The minimum Gasteiger partial charge on any atom is -0.371 e. The SMILES string of the molecule is CCOC(CC)C(=O)CC1CCCCC1. The molecule has 2 heteroatoms. The molecule has 0 aromatic heterocycles. The van der Waals surface area contributed by atoms with E-state index in [0.717, 1.165) is 12.8 Å². The molecule has 1 unspecified atom stereocenters. The fourth-order valence-corrected chi connectivity index (χ4v) is 2.45. The van der Waals surface area contributed by atoms with Crippen molar-refractivity contribution in [2.45, 2.75) is 64.9 Å². The Labute approximate surface area is 93.4 Å². The summed E-state index contributed by atoms with van der Waals surface area (Å²) in [5.41, 5.74) is 0. The van der Waals surface area contributed by atoms with Crippen LogP contribution in [0.5, 0.6) is 0 Å². The number of carbonyl (C=O) groups excluding carboxylic acids is 1. The van der Waals surface area contributed by atoms with Crippen molar-refractivity contribution in [2.24, 2.45) is 5.92 Å². The lowest BCUT2D eigenvalue weighted by Crippen LogP contribution is -2.26.